The Balaban J connectivity index is 1.74. The maximum Gasteiger partial charge on any atom is 0.300 e. The summed E-state index contributed by atoms with van der Waals surface area (Å²) in [5.74, 6) is -0.933. The first-order valence-electron chi connectivity index (χ1n) is 11.1. The summed E-state index contributed by atoms with van der Waals surface area (Å²) in [6.45, 7) is 2.41. The highest BCUT2D eigenvalue weighted by molar-refractivity contribution is 6.51. The molecule has 0 saturated carbocycles. The van der Waals surface area contributed by atoms with Gasteiger partial charge in [-0.3, -0.25) is 14.5 Å². The van der Waals surface area contributed by atoms with E-state index in [1.165, 1.54) is 4.90 Å². The molecule has 6 heteroatoms. The number of para-hydroxylation sites is 2. The molecule has 34 heavy (non-hydrogen) atoms. The van der Waals surface area contributed by atoms with Crippen LogP contribution in [0, 0.1) is 0 Å². The molecular weight excluding hydrogens is 428 g/mol. The van der Waals surface area contributed by atoms with Crippen molar-refractivity contribution < 1.29 is 19.4 Å². The lowest BCUT2D eigenvalue weighted by Gasteiger charge is -2.25. The molecule has 0 spiro atoms. The Morgan fingerprint density at radius 3 is 2.32 bits per heavy atom. The molecule has 0 radical (unpaired) electrons. The number of carbonyl (C=O) groups is 2. The normalized spacial score (nSPS) is 17.5. The van der Waals surface area contributed by atoms with Crippen molar-refractivity contribution in [2.24, 2.45) is 7.05 Å². The number of amides is 1. The van der Waals surface area contributed by atoms with Gasteiger partial charge in [-0.15, -0.1) is 0 Å². The van der Waals surface area contributed by atoms with Crippen molar-refractivity contribution in [3.8, 4) is 5.75 Å². The molecule has 1 aliphatic heterocycles. The van der Waals surface area contributed by atoms with Gasteiger partial charge < -0.3 is 14.4 Å². The molecule has 1 amide bonds. The molecule has 170 valence electrons. The lowest BCUT2D eigenvalue weighted by Crippen LogP contribution is -2.29. The second-order valence-corrected chi connectivity index (χ2v) is 8.17. The van der Waals surface area contributed by atoms with Gasteiger partial charge in [-0.2, -0.15) is 0 Å². The topological polar surface area (TPSA) is 71.8 Å². The second kappa shape index (κ2) is 8.56. The fraction of sp³-hybridized carbons (Fsp3) is 0.143. The van der Waals surface area contributed by atoms with Gasteiger partial charge in [0, 0.05) is 41.0 Å². The minimum absolute atomic E-state index is 0.0642. The number of nitrogens with zero attached hydrogens (tertiary/aromatic N) is 2. The highest BCUT2D eigenvalue weighted by Crippen LogP contribution is 2.44. The van der Waals surface area contributed by atoms with E-state index in [-0.39, 0.29) is 11.3 Å². The number of aliphatic hydroxyl groups is 1. The molecule has 1 saturated heterocycles. The van der Waals surface area contributed by atoms with Gasteiger partial charge in [-0.25, -0.2) is 0 Å². The zero-order chi connectivity index (χ0) is 23.8. The number of aliphatic hydroxyl groups excluding tert-OH is 1. The largest absolute Gasteiger partial charge is 0.507 e. The van der Waals surface area contributed by atoms with Crippen molar-refractivity contribution in [3.63, 3.8) is 0 Å². The Kier molecular flexibility index (Phi) is 5.42. The third-order valence-corrected chi connectivity index (χ3v) is 6.14. The van der Waals surface area contributed by atoms with Crippen LogP contribution in [0.1, 0.15) is 24.1 Å². The van der Waals surface area contributed by atoms with E-state index in [2.05, 4.69) is 0 Å². The Labute approximate surface area is 197 Å². The predicted molar refractivity (Wildman–Crippen MR) is 132 cm³/mol. The van der Waals surface area contributed by atoms with Gasteiger partial charge in [0.25, 0.3) is 11.7 Å². The first-order chi connectivity index (χ1) is 16.5. The summed E-state index contributed by atoms with van der Waals surface area (Å²) in [7, 11) is 1.92. The molecule has 1 fully saturated rings. The van der Waals surface area contributed by atoms with E-state index in [4.69, 9.17) is 4.74 Å². The van der Waals surface area contributed by atoms with Gasteiger partial charge in [0.1, 0.15) is 11.5 Å². The molecule has 1 atom stereocenters. The Morgan fingerprint density at radius 1 is 0.941 bits per heavy atom. The highest BCUT2D eigenvalue weighted by atomic mass is 16.5. The Hall–Kier alpha value is -4.32. The highest BCUT2D eigenvalue weighted by Gasteiger charge is 2.47. The minimum atomic E-state index is -0.778. The van der Waals surface area contributed by atoms with Crippen LogP contribution in [0.25, 0.3) is 16.7 Å². The van der Waals surface area contributed by atoms with Crippen LogP contribution < -0.4 is 9.64 Å². The molecule has 4 aromatic rings. The molecule has 6 nitrogen and oxygen atoms in total. The maximum atomic E-state index is 13.4. The van der Waals surface area contributed by atoms with Crippen LogP contribution in [0.4, 0.5) is 5.69 Å². The molecule has 0 aliphatic carbocycles. The molecule has 3 aromatic carbocycles. The third kappa shape index (κ3) is 3.44. The van der Waals surface area contributed by atoms with E-state index < -0.39 is 17.7 Å². The SMILES string of the molecule is CCOc1ccc(/C(O)=C2\C(=O)C(=O)N(c3ccccc3)C2c2cn(C)c3ccccc23)cc1. The summed E-state index contributed by atoms with van der Waals surface area (Å²) in [6.07, 6.45) is 1.92. The van der Waals surface area contributed by atoms with Gasteiger partial charge in [-0.1, -0.05) is 36.4 Å². The van der Waals surface area contributed by atoms with Crippen LogP contribution >= 0.6 is 0 Å². The first-order valence-corrected chi connectivity index (χ1v) is 11.1. The lowest BCUT2D eigenvalue weighted by molar-refractivity contribution is -0.132. The van der Waals surface area contributed by atoms with Crippen LogP contribution in [-0.4, -0.2) is 28.0 Å². The third-order valence-electron chi connectivity index (χ3n) is 6.14. The van der Waals surface area contributed by atoms with E-state index in [0.29, 0.717) is 23.6 Å². The maximum absolute atomic E-state index is 13.4. The van der Waals surface area contributed by atoms with E-state index in [1.807, 2.05) is 67.2 Å². The second-order valence-electron chi connectivity index (χ2n) is 8.17. The quantitative estimate of drug-likeness (QED) is 0.257. The summed E-state index contributed by atoms with van der Waals surface area (Å²) >= 11 is 0. The van der Waals surface area contributed by atoms with E-state index in [1.54, 1.807) is 36.4 Å². The number of rotatable bonds is 5. The average Bonchev–Trinajstić information content (AvgIpc) is 3.33. The number of benzene rings is 3. The summed E-state index contributed by atoms with van der Waals surface area (Å²) in [5.41, 5.74) is 2.84. The van der Waals surface area contributed by atoms with Gasteiger partial charge in [0.05, 0.1) is 18.2 Å². The van der Waals surface area contributed by atoms with E-state index in [9.17, 15) is 14.7 Å². The molecule has 1 aromatic heterocycles. The smallest absolute Gasteiger partial charge is 0.300 e. The number of hydrogen-bond donors (Lipinski definition) is 1. The molecule has 1 N–H and O–H groups in total. The fourth-order valence-electron chi connectivity index (χ4n) is 4.60. The zero-order valence-corrected chi connectivity index (χ0v) is 18.9. The van der Waals surface area contributed by atoms with Crippen molar-refractivity contribution in [3.05, 3.63) is 102 Å². The van der Waals surface area contributed by atoms with Crippen LogP contribution in [0.5, 0.6) is 5.75 Å². The van der Waals surface area contributed by atoms with Crippen molar-refractivity contribution in [1.29, 1.82) is 0 Å². The van der Waals surface area contributed by atoms with Crippen LogP contribution in [0.3, 0.4) is 0 Å². The van der Waals surface area contributed by atoms with E-state index in [0.717, 1.165) is 16.5 Å². The number of ketones is 1. The van der Waals surface area contributed by atoms with Gasteiger partial charge in [0.15, 0.2) is 0 Å². The summed E-state index contributed by atoms with van der Waals surface area (Å²) < 4.78 is 7.46. The van der Waals surface area contributed by atoms with Crippen LogP contribution in [-0.2, 0) is 16.6 Å². The first kappa shape index (κ1) is 21.5. The number of hydrogen-bond acceptors (Lipinski definition) is 4. The van der Waals surface area contributed by atoms with Gasteiger partial charge in [0.2, 0.25) is 0 Å². The Bertz CT molecular complexity index is 1420. The number of fused-ring (bicyclic) bond motifs is 1. The summed E-state index contributed by atoms with van der Waals surface area (Å²) in [4.78, 5) is 28.2. The summed E-state index contributed by atoms with van der Waals surface area (Å²) in [6, 6.07) is 23.0. The van der Waals surface area contributed by atoms with Gasteiger partial charge >= 0.3 is 0 Å². The van der Waals surface area contributed by atoms with Crippen molar-refractivity contribution in [2.45, 2.75) is 13.0 Å². The monoisotopic (exact) mass is 452 g/mol. The standard InChI is InChI=1S/C28H24N2O4/c1-3-34-20-15-13-18(14-16-20)26(31)24-25(22-17-29(2)23-12-8-7-11-21(22)23)30(28(33)27(24)32)19-9-5-4-6-10-19/h4-17,25,31H,3H2,1-2H3/b26-24+. The minimum Gasteiger partial charge on any atom is -0.507 e. The predicted octanol–water partition coefficient (Wildman–Crippen LogP) is 5.20. The molecule has 1 aliphatic rings. The zero-order valence-electron chi connectivity index (χ0n) is 18.9. The van der Waals surface area contributed by atoms with Crippen LogP contribution in [0.2, 0.25) is 0 Å². The fourth-order valence-corrected chi connectivity index (χ4v) is 4.60. The lowest BCUT2D eigenvalue weighted by atomic mass is 9.94. The number of anilines is 1. The molecule has 2 heterocycles. The van der Waals surface area contributed by atoms with Crippen molar-refractivity contribution in [2.75, 3.05) is 11.5 Å². The van der Waals surface area contributed by atoms with Crippen molar-refractivity contribution in [1.82, 2.24) is 4.57 Å². The molecule has 1 unspecified atom stereocenters. The van der Waals surface area contributed by atoms with E-state index >= 15 is 0 Å². The van der Waals surface area contributed by atoms with Gasteiger partial charge in [-0.05, 0) is 49.4 Å². The van der Waals surface area contributed by atoms with Crippen molar-refractivity contribution >= 4 is 34.0 Å². The number of aryl methyl sites for hydroxylation is 1. The average molecular weight is 453 g/mol. The molecular formula is C28H24N2O4. The Morgan fingerprint density at radius 2 is 1.62 bits per heavy atom. The number of carbonyl (C=O) groups excluding carboxylic acids is 2. The number of Topliss-reactive ketones (excluding diaryl/α,β-unsaturated/α-hetero) is 1. The molecule has 5 rings (SSSR count). The number of ether oxygens (including phenoxy) is 1. The number of aromatic nitrogens is 1. The summed E-state index contributed by atoms with van der Waals surface area (Å²) in [5, 5.41) is 12.2. The van der Waals surface area contributed by atoms with Crippen LogP contribution in [0.15, 0.2) is 90.6 Å². The molecule has 0 bridgehead atoms.